The lowest BCUT2D eigenvalue weighted by atomic mass is 9.86. The summed E-state index contributed by atoms with van der Waals surface area (Å²) >= 11 is 0. The van der Waals surface area contributed by atoms with Gasteiger partial charge in [-0.1, -0.05) is 44.2 Å². The Hall–Kier alpha value is -2.60. The third kappa shape index (κ3) is 3.46. The molecule has 0 bridgehead atoms. The summed E-state index contributed by atoms with van der Waals surface area (Å²) in [7, 11) is 0. The number of carbonyl (C=O) groups excluding carboxylic acids is 1. The van der Waals surface area contributed by atoms with Crippen LogP contribution >= 0.6 is 0 Å². The minimum absolute atomic E-state index is 0.112. The Balaban J connectivity index is 1.34. The summed E-state index contributed by atoms with van der Waals surface area (Å²) in [6.07, 6.45) is 9.02. The number of ether oxygens (including phenoxy) is 2. The summed E-state index contributed by atoms with van der Waals surface area (Å²) in [6, 6.07) is 11.5. The van der Waals surface area contributed by atoms with E-state index in [1.54, 1.807) is 0 Å². The van der Waals surface area contributed by atoms with Gasteiger partial charge in [-0.05, 0) is 55.0 Å². The van der Waals surface area contributed by atoms with E-state index >= 15 is 0 Å². The number of aromatic nitrogens is 1. The van der Waals surface area contributed by atoms with Crippen molar-refractivity contribution < 1.29 is 14.3 Å². The van der Waals surface area contributed by atoms with Crippen LogP contribution in [0.3, 0.4) is 0 Å². The van der Waals surface area contributed by atoms with E-state index in [2.05, 4.69) is 0 Å². The molecule has 152 valence electrons. The molecular weight excluding hydrogens is 366 g/mol. The van der Waals surface area contributed by atoms with Crippen LogP contribution in [0.1, 0.15) is 56.2 Å². The van der Waals surface area contributed by atoms with Crippen molar-refractivity contribution >= 4 is 11.7 Å². The molecule has 2 saturated carbocycles. The minimum Gasteiger partial charge on any atom is -0.454 e. The third-order valence-corrected chi connectivity index (χ3v) is 6.56. The molecule has 2 fully saturated rings. The Morgan fingerprint density at radius 1 is 1.10 bits per heavy atom. The molecule has 6 nitrogen and oxygen atoms in total. The van der Waals surface area contributed by atoms with Gasteiger partial charge in [0.2, 0.25) is 6.79 Å². The Morgan fingerprint density at radius 3 is 2.69 bits per heavy atom. The topological polar surface area (TPSA) is 77.7 Å². The van der Waals surface area contributed by atoms with E-state index in [1.165, 1.54) is 37.1 Å². The Kier molecular flexibility index (Phi) is 4.66. The van der Waals surface area contributed by atoms with Gasteiger partial charge in [0.25, 0.3) is 5.91 Å². The highest BCUT2D eigenvalue weighted by atomic mass is 16.7. The molecule has 2 heterocycles. The SMILES string of the molecule is NN(C(=O)C1(c2ccc3c(c2)OCO3)CC1)c1cccc(CC2CCCCC2)n1. The number of nitrogens with two attached hydrogens (primary N) is 1. The second kappa shape index (κ2) is 7.34. The summed E-state index contributed by atoms with van der Waals surface area (Å²) in [5.41, 5.74) is 1.36. The van der Waals surface area contributed by atoms with Gasteiger partial charge in [-0.3, -0.25) is 4.79 Å². The standard InChI is InChI=1S/C23H27N3O3/c24-26(21-8-4-7-18(25-21)13-16-5-2-1-3-6-16)22(27)23(11-12-23)17-9-10-19-20(14-17)29-15-28-19/h4,7-10,14,16H,1-3,5-6,11-13,15,24H2. The highest BCUT2D eigenvalue weighted by molar-refractivity contribution is 6.02. The summed E-state index contributed by atoms with van der Waals surface area (Å²) in [5.74, 6) is 8.80. The smallest absolute Gasteiger partial charge is 0.253 e. The number of amides is 1. The first-order valence-corrected chi connectivity index (χ1v) is 10.6. The number of benzene rings is 1. The number of pyridine rings is 1. The number of fused-ring (bicyclic) bond motifs is 1. The van der Waals surface area contributed by atoms with E-state index in [4.69, 9.17) is 20.3 Å². The molecule has 1 aromatic carbocycles. The van der Waals surface area contributed by atoms with Gasteiger partial charge >= 0.3 is 0 Å². The maximum absolute atomic E-state index is 13.3. The lowest BCUT2D eigenvalue weighted by Crippen LogP contribution is -2.45. The van der Waals surface area contributed by atoms with Crippen LogP contribution in [-0.2, 0) is 16.6 Å². The van der Waals surface area contributed by atoms with E-state index < -0.39 is 5.41 Å². The summed E-state index contributed by atoms with van der Waals surface area (Å²) in [4.78, 5) is 18.0. The molecular formula is C23H27N3O3. The molecule has 0 saturated heterocycles. The zero-order valence-electron chi connectivity index (χ0n) is 16.6. The molecule has 0 unspecified atom stereocenters. The van der Waals surface area contributed by atoms with E-state index in [1.807, 2.05) is 36.4 Å². The molecule has 0 radical (unpaired) electrons. The van der Waals surface area contributed by atoms with Gasteiger partial charge in [-0.2, -0.15) is 0 Å². The van der Waals surface area contributed by atoms with Gasteiger partial charge in [0.1, 0.15) is 5.82 Å². The van der Waals surface area contributed by atoms with E-state index in [9.17, 15) is 4.79 Å². The third-order valence-electron chi connectivity index (χ3n) is 6.56. The van der Waals surface area contributed by atoms with Crippen molar-refractivity contribution in [2.45, 2.75) is 56.8 Å². The number of nitrogens with zero attached hydrogens (tertiary/aromatic N) is 2. The first kappa shape index (κ1) is 18.4. The first-order valence-electron chi connectivity index (χ1n) is 10.6. The quantitative estimate of drug-likeness (QED) is 0.474. The van der Waals surface area contributed by atoms with E-state index in [0.717, 1.165) is 36.3 Å². The van der Waals surface area contributed by atoms with E-state index in [-0.39, 0.29) is 12.7 Å². The van der Waals surface area contributed by atoms with Crippen LogP contribution in [-0.4, -0.2) is 17.7 Å². The van der Waals surface area contributed by atoms with Crippen LogP contribution in [0.5, 0.6) is 11.5 Å². The number of carbonyl (C=O) groups is 1. The molecule has 3 aliphatic rings. The maximum Gasteiger partial charge on any atom is 0.253 e. The highest BCUT2D eigenvalue weighted by Gasteiger charge is 2.53. The average Bonchev–Trinajstić information content (AvgIpc) is 3.44. The molecule has 1 aromatic heterocycles. The highest BCUT2D eigenvalue weighted by Crippen LogP contribution is 2.51. The zero-order chi connectivity index (χ0) is 19.8. The monoisotopic (exact) mass is 393 g/mol. The Bertz CT molecular complexity index is 919. The lowest BCUT2D eigenvalue weighted by Gasteiger charge is -2.24. The molecule has 0 atom stereocenters. The fourth-order valence-corrected chi connectivity index (χ4v) is 4.68. The number of hydrogen-bond donors (Lipinski definition) is 1. The normalized spacial score (nSPS) is 19.8. The van der Waals surface area contributed by atoms with Crippen LogP contribution in [0, 0.1) is 5.92 Å². The zero-order valence-corrected chi connectivity index (χ0v) is 16.6. The van der Waals surface area contributed by atoms with Crippen molar-refractivity contribution in [3.8, 4) is 11.5 Å². The maximum atomic E-state index is 13.3. The molecule has 2 aliphatic carbocycles. The van der Waals surface area contributed by atoms with Crippen LogP contribution < -0.4 is 20.3 Å². The summed E-state index contributed by atoms with van der Waals surface area (Å²) in [6.45, 7) is 0.223. The Morgan fingerprint density at radius 2 is 1.90 bits per heavy atom. The van der Waals surface area contributed by atoms with Crippen molar-refractivity contribution in [3.05, 3.63) is 47.7 Å². The second-order valence-electron chi connectivity index (χ2n) is 8.52. The van der Waals surface area contributed by atoms with Gasteiger partial charge in [-0.25, -0.2) is 15.8 Å². The number of rotatable bonds is 5. The predicted octanol–water partition coefficient (Wildman–Crippen LogP) is 3.87. The van der Waals surface area contributed by atoms with Crippen LogP contribution in [0.25, 0.3) is 0 Å². The molecule has 2 aromatic rings. The molecule has 0 spiro atoms. The van der Waals surface area contributed by atoms with Gasteiger partial charge in [0.05, 0.1) is 5.41 Å². The lowest BCUT2D eigenvalue weighted by molar-refractivity contribution is -0.121. The van der Waals surface area contributed by atoms with Gasteiger partial charge in [0, 0.05) is 5.69 Å². The molecule has 1 amide bonds. The Labute approximate surface area is 171 Å². The van der Waals surface area contributed by atoms with Crippen LogP contribution in [0.15, 0.2) is 36.4 Å². The van der Waals surface area contributed by atoms with Crippen LogP contribution in [0.4, 0.5) is 5.82 Å². The predicted molar refractivity (Wildman–Crippen MR) is 110 cm³/mol. The van der Waals surface area contributed by atoms with Crippen LogP contribution in [0.2, 0.25) is 0 Å². The van der Waals surface area contributed by atoms with Gasteiger partial charge in [0.15, 0.2) is 11.5 Å². The number of hydrogen-bond acceptors (Lipinski definition) is 5. The molecule has 2 N–H and O–H groups in total. The van der Waals surface area contributed by atoms with E-state index in [0.29, 0.717) is 17.5 Å². The molecule has 1 aliphatic heterocycles. The average molecular weight is 393 g/mol. The molecule has 5 rings (SSSR count). The fourth-order valence-electron chi connectivity index (χ4n) is 4.68. The number of anilines is 1. The van der Waals surface area contributed by atoms with Crippen molar-refractivity contribution in [3.63, 3.8) is 0 Å². The van der Waals surface area contributed by atoms with Crippen molar-refractivity contribution in [2.24, 2.45) is 11.8 Å². The molecule has 6 heteroatoms. The summed E-state index contributed by atoms with van der Waals surface area (Å²) in [5, 5.41) is 1.24. The minimum atomic E-state index is -0.587. The van der Waals surface area contributed by atoms with Gasteiger partial charge < -0.3 is 9.47 Å². The van der Waals surface area contributed by atoms with Gasteiger partial charge in [-0.15, -0.1) is 0 Å². The molecule has 29 heavy (non-hydrogen) atoms. The largest absolute Gasteiger partial charge is 0.454 e. The van der Waals surface area contributed by atoms with Crippen molar-refractivity contribution in [1.29, 1.82) is 0 Å². The number of hydrazine groups is 1. The first-order chi connectivity index (χ1) is 14.2. The fraction of sp³-hybridized carbons (Fsp3) is 0.478. The summed E-state index contributed by atoms with van der Waals surface area (Å²) < 4.78 is 10.9. The second-order valence-corrected chi connectivity index (χ2v) is 8.52. The van der Waals surface area contributed by atoms with Crippen molar-refractivity contribution in [1.82, 2.24) is 4.98 Å². The van der Waals surface area contributed by atoms with Crippen molar-refractivity contribution in [2.75, 3.05) is 11.8 Å².